The Morgan fingerprint density at radius 2 is 1.39 bits per heavy atom. The molecule has 1 aliphatic heterocycles. The smallest absolute Gasteiger partial charge is 0.245 e. The van der Waals surface area contributed by atoms with E-state index >= 15 is 0 Å². The minimum Gasteiger partial charge on any atom is -0.370 e. The van der Waals surface area contributed by atoms with Crippen molar-refractivity contribution in [3.8, 4) is 0 Å². The zero-order valence-electron chi connectivity index (χ0n) is 36.5. The third kappa shape index (κ3) is 18.1. The summed E-state index contributed by atoms with van der Waals surface area (Å²) < 4.78 is 0. The Hall–Kier alpha value is -7.14. The fourth-order valence-corrected chi connectivity index (χ4v) is 6.22. The maximum absolute atomic E-state index is 13.9. The first-order chi connectivity index (χ1) is 29.9. The Kier molecular flexibility index (Phi) is 20.8. The van der Waals surface area contributed by atoms with Crippen molar-refractivity contribution in [2.75, 3.05) is 26.7 Å². The molecule has 0 saturated carbocycles. The number of nitrogens with zero attached hydrogens (tertiary/aromatic N) is 1. The number of carbonyl (C=O) groups is 12. The van der Waals surface area contributed by atoms with Crippen LogP contribution >= 0.6 is 0 Å². The van der Waals surface area contributed by atoms with E-state index in [0.717, 1.165) is 4.90 Å². The zero-order valence-corrected chi connectivity index (χ0v) is 36.5. The van der Waals surface area contributed by atoms with Gasteiger partial charge in [0.15, 0.2) is 0 Å². The molecule has 1 aliphatic rings. The zero-order chi connectivity index (χ0) is 48.3. The Morgan fingerprint density at radius 1 is 0.781 bits per heavy atom. The third-order valence-corrected chi connectivity index (χ3v) is 10.00. The lowest BCUT2D eigenvalue weighted by Crippen LogP contribution is -2.61. The van der Waals surface area contributed by atoms with Crippen molar-refractivity contribution >= 4 is 70.9 Å². The molecule has 0 radical (unpaired) electrons. The van der Waals surface area contributed by atoms with Gasteiger partial charge in [0.25, 0.3) is 0 Å². The van der Waals surface area contributed by atoms with E-state index in [-0.39, 0.29) is 6.42 Å². The molecule has 64 heavy (non-hydrogen) atoms. The van der Waals surface area contributed by atoms with Crippen molar-refractivity contribution in [2.24, 2.45) is 23.1 Å². The van der Waals surface area contributed by atoms with Crippen LogP contribution in [-0.4, -0.2) is 138 Å². The van der Waals surface area contributed by atoms with Crippen molar-refractivity contribution in [3.05, 3.63) is 35.9 Å². The van der Waals surface area contributed by atoms with Gasteiger partial charge in [-0.05, 0) is 38.2 Å². The fraction of sp³-hybridized carbons (Fsp3) is 0.550. The van der Waals surface area contributed by atoms with E-state index in [9.17, 15) is 57.5 Å². The lowest BCUT2D eigenvalue weighted by molar-refractivity contribution is -0.140. The molecule has 2 rings (SSSR count). The highest BCUT2D eigenvalue weighted by atomic mass is 16.2. The van der Waals surface area contributed by atoms with Crippen LogP contribution in [0.1, 0.15) is 71.8 Å². The Labute approximate surface area is 369 Å². The number of nitrogens with two attached hydrogens (primary N) is 3. The molecule has 1 aromatic rings. The van der Waals surface area contributed by atoms with Crippen molar-refractivity contribution in [1.82, 2.24) is 47.4 Å². The molecule has 1 heterocycles. The van der Waals surface area contributed by atoms with Gasteiger partial charge in [-0.3, -0.25) is 57.5 Å². The minimum absolute atomic E-state index is 0.0406. The van der Waals surface area contributed by atoms with E-state index in [2.05, 4.69) is 42.5 Å². The van der Waals surface area contributed by atoms with Crippen molar-refractivity contribution < 1.29 is 57.5 Å². The number of amides is 12. The molecular weight excluding hydrogens is 841 g/mol. The van der Waals surface area contributed by atoms with E-state index in [1.54, 1.807) is 44.2 Å². The SMILES string of the molecule is CC[C@H](C)[C@@H]1NC(=O)[C@H](Cc2ccccc2)NC(=O)CNC(=O)CC[C@@H](C(=O)N(C)CC(=O)NC(C)(C)C(=O)NCC(N)=O)NC(=O)[C@H](CC(N)=O)NC(=O)[C@H](CCC(N)=O)NC1=O. The van der Waals surface area contributed by atoms with Gasteiger partial charge in [-0.25, -0.2) is 0 Å². The molecule has 1 aromatic carbocycles. The summed E-state index contributed by atoms with van der Waals surface area (Å²) in [6.07, 6.45) is -2.38. The molecule has 0 aliphatic carbocycles. The van der Waals surface area contributed by atoms with Crippen LogP contribution < -0.4 is 59.7 Å². The van der Waals surface area contributed by atoms with Crippen molar-refractivity contribution in [3.63, 3.8) is 0 Å². The largest absolute Gasteiger partial charge is 0.370 e. The predicted octanol–water partition coefficient (Wildman–Crippen LogP) is -5.30. The maximum atomic E-state index is 13.9. The number of hydrogen-bond donors (Lipinski definition) is 11. The van der Waals surface area contributed by atoms with E-state index in [1.165, 1.54) is 20.9 Å². The normalized spacial score (nSPS) is 21.2. The summed E-state index contributed by atoms with van der Waals surface area (Å²) in [5, 5.41) is 19.4. The van der Waals surface area contributed by atoms with E-state index in [0.29, 0.717) is 12.0 Å². The molecule has 0 spiro atoms. The topological polar surface area (TPSA) is 382 Å². The highest BCUT2D eigenvalue weighted by molar-refractivity contribution is 5.99. The lowest BCUT2D eigenvalue weighted by atomic mass is 9.96. The monoisotopic (exact) mass is 900 g/mol. The standard InChI is InChI=1S/C40H60N12O12/c1-6-21(2)33-37(62)47-23(12-14-27(41)53)34(59)49-26(17-28(42)54)35(60)48-24(38(63)52(5)20-32(58)51-40(3,4)39(64)45-18-29(43)55)13-15-30(56)44-19-31(57)46-25(36(61)50-33)16-22-10-8-7-9-11-22/h7-11,21,23-26,33H,6,12-20H2,1-5H3,(H2,41,53)(H2,42,54)(H2,43,55)(H,44,56)(H,45,64)(H,46,57)(H,47,62)(H,48,60)(H,49,59)(H,50,61)(H,51,58)/t21-,23-,24-,25-,26-,33-/m0/s1. The molecule has 0 aromatic heterocycles. The van der Waals surface area contributed by atoms with Gasteiger partial charge in [-0.1, -0.05) is 50.6 Å². The quantitative estimate of drug-likeness (QED) is 0.0742. The van der Waals surface area contributed by atoms with Crippen LogP contribution in [-0.2, 0) is 64.0 Å². The second kappa shape index (κ2) is 25.1. The first-order valence-electron chi connectivity index (χ1n) is 20.4. The second-order valence-electron chi connectivity index (χ2n) is 15.9. The van der Waals surface area contributed by atoms with Gasteiger partial charge in [0, 0.05) is 26.3 Å². The average molecular weight is 901 g/mol. The van der Waals surface area contributed by atoms with Gasteiger partial charge in [0.2, 0.25) is 70.9 Å². The van der Waals surface area contributed by atoms with Crippen LogP contribution in [0.3, 0.4) is 0 Å². The number of carbonyl (C=O) groups excluding carboxylic acids is 12. The molecule has 1 fully saturated rings. The molecule has 0 unspecified atom stereocenters. The molecule has 6 atom stereocenters. The molecule has 14 N–H and O–H groups in total. The molecule has 0 bridgehead atoms. The predicted molar refractivity (Wildman–Crippen MR) is 226 cm³/mol. The van der Waals surface area contributed by atoms with Gasteiger partial charge in [-0.15, -0.1) is 0 Å². The summed E-state index contributed by atoms with van der Waals surface area (Å²) in [4.78, 5) is 157. The fourth-order valence-electron chi connectivity index (χ4n) is 6.22. The first-order valence-corrected chi connectivity index (χ1v) is 20.4. The Balaban J connectivity index is 2.57. The second-order valence-corrected chi connectivity index (χ2v) is 15.9. The van der Waals surface area contributed by atoms with Crippen molar-refractivity contribution in [1.29, 1.82) is 0 Å². The molecule has 24 nitrogen and oxygen atoms in total. The van der Waals surface area contributed by atoms with E-state index in [1.807, 2.05) is 0 Å². The van der Waals surface area contributed by atoms with Gasteiger partial charge >= 0.3 is 0 Å². The number of rotatable bonds is 16. The van der Waals surface area contributed by atoms with Crippen LogP contribution in [0.25, 0.3) is 0 Å². The van der Waals surface area contributed by atoms with Gasteiger partial charge < -0.3 is 64.6 Å². The van der Waals surface area contributed by atoms with Crippen LogP contribution in [0.15, 0.2) is 30.3 Å². The highest BCUT2D eigenvalue weighted by Crippen LogP contribution is 2.13. The van der Waals surface area contributed by atoms with E-state index in [4.69, 9.17) is 17.2 Å². The van der Waals surface area contributed by atoms with Crippen LogP contribution in [0.2, 0.25) is 0 Å². The molecule has 12 amide bonds. The maximum Gasteiger partial charge on any atom is 0.245 e. The summed E-state index contributed by atoms with van der Waals surface area (Å²) in [5.41, 5.74) is 14.9. The molecule has 1 saturated heterocycles. The van der Waals surface area contributed by atoms with Crippen molar-refractivity contribution in [2.45, 2.75) is 108 Å². The minimum atomic E-state index is -1.81. The number of benzene rings is 1. The summed E-state index contributed by atoms with van der Waals surface area (Å²) in [6.45, 7) is 4.15. The summed E-state index contributed by atoms with van der Waals surface area (Å²) in [7, 11) is 1.17. The average Bonchev–Trinajstić information content (AvgIpc) is 3.22. The molecular formula is C40H60N12O12. The third-order valence-electron chi connectivity index (χ3n) is 10.00. The molecule has 24 heteroatoms. The Morgan fingerprint density at radius 3 is 1.98 bits per heavy atom. The van der Waals surface area contributed by atoms with Crippen LogP contribution in [0, 0.1) is 5.92 Å². The van der Waals surface area contributed by atoms with Crippen LogP contribution in [0.5, 0.6) is 0 Å². The number of hydrogen-bond acceptors (Lipinski definition) is 12. The number of likely N-dealkylation sites (N-methyl/N-ethyl adjacent to an activating group) is 1. The van der Waals surface area contributed by atoms with Gasteiger partial charge in [0.05, 0.1) is 26.1 Å². The summed E-state index contributed by atoms with van der Waals surface area (Å²) in [6, 6.07) is 0.947. The van der Waals surface area contributed by atoms with Gasteiger partial charge in [0.1, 0.15) is 35.7 Å². The number of primary amides is 3. The van der Waals surface area contributed by atoms with Gasteiger partial charge in [-0.2, -0.15) is 0 Å². The summed E-state index contributed by atoms with van der Waals surface area (Å²) >= 11 is 0. The lowest BCUT2D eigenvalue weighted by Gasteiger charge is -2.30. The number of nitrogens with one attached hydrogen (secondary N) is 8. The first kappa shape index (κ1) is 53.0. The highest BCUT2D eigenvalue weighted by Gasteiger charge is 2.36. The summed E-state index contributed by atoms with van der Waals surface area (Å²) in [5.74, 6) is -11.5. The Bertz CT molecular complexity index is 1930. The molecule has 352 valence electrons. The van der Waals surface area contributed by atoms with Crippen LogP contribution in [0.4, 0.5) is 0 Å². The van der Waals surface area contributed by atoms with E-state index < -0.39 is 164 Å².